The second-order valence-electron chi connectivity index (χ2n) is 5.24. The molecule has 1 aliphatic heterocycles. The third kappa shape index (κ3) is 1.99. The third-order valence-electron chi connectivity index (χ3n) is 3.74. The molecule has 2 heterocycles. The highest BCUT2D eigenvalue weighted by Gasteiger charge is 2.36. The van der Waals surface area contributed by atoms with Gasteiger partial charge in [-0.15, -0.1) is 0 Å². The molecule has 2 rings (SSSR count). The van der Waals surface area contributed by atoms with E-state index in [1.54, 1.807) is 0 Å². The van der Waals surface area contributed by atoms with Gasteiger partial charge in [-0.1, -0.05) is 0 Å². The van der Waals surface area contributed by atoms with Crippen molar-refractivity contribution in [2.45, 2.75) is 38.3 Å². The fourth-order valence-corrected chi connectivity index (χ4v) is 2.45. The summed E-state index contributed by atoms with van der Waals surface area (Å²) < 4.78 is 1.81. The lowest BCUT2D eigenvalue weighted by atomic mass is 9.91. The van der Waals surface area contributed by atoms with Crippen molar-refractivity contribution in [1.82, 2.24) is 14.7 Å². The molecule has 90 valence electrons. The first-order valence-corrected chi connectivity index (χ1v) is 6.02. The van der Waals surface area contributed by atoms with Crippen LogP contribution in [-0.2, 0) is 7.05 Å². The van der Waals surface area contributed by atoms with E-state index in [-0.39, 0.29) is 11.6 Å². The van der Waals surface area contributed by atoms with Crippen molar-refractivity contribution in [3.05, 3.63) is 18.0 Å². The van der Waals surface area contributed by atoms with Gasteiger partial charge >= 0.3 is 0 Å². The molecule has 1 saturated heterocycles. The molecular weight excluding hydrogens is 200 g/mol. The van der Waals surface area contributed by atoms with Crippen LogP contribution in [0.2, 0.25) is 0 Å². The molecule has 2 N–H and O–H groups in total. The zero-order chi connectivity index (χ0) is 11.8. The van der Waals surface area contributed by atoms with Crippen LogP contribution < -0.4 is 5.73 Å². The van der Waals surface area contributed by atoms with Crippen LogP contribution in [0.3, 0.4) is 0 Å². The van der Waals surface area contributed by atoms with Gasteiger partial charge in [0.15, 0.2) is 0 Å². The van der Waals surface area contributed by atoms with Crippen LogP contribution in [0.5, 0.6) is 0 Å². The van der Waals surface area contributed by atoms with E-state index in [2.05, 4.69) is 23.8 Å². The van der Waals surface area contributed by atoms with Gasteiger partial charge < -0.3 is 5.73 Å². The lowest BCUT2D eigenvalue weighted by molar-refractivity contribution is 0.122. The van der Waals surface area contributed by atoms with Gasteiger partial charge in [0.2, 0.25) is 0 Å². The van der Waals surface area contributed by atoms with Gasteiger partial charge in [-0.3, -0.25) is 9.58 Å². The molecule has 1 fully saturated rings. The maximum absolute atomic E-state index is 6.35. The summed E-state index contributed by atoms with van der Waals surface area (Å²) in [6, 6.07) is 1.99. The Morgan fingerprint density at radius 3 is 2.50 bits per heavy atom. The first-order chi connectivity index (χ1) is 7.51. The maximum atomic E-state index is 6.35. The number of aromatic nitrogens is 2. The summed E-state index contributed by atoms with van der Waals surface area (Å²) >= 11 is 0. The minimum atomic E-state index is -0.0215. The lowest BCUT2D eigenvalue weighted by Gasteiger charge is -2.39. The summed E-state index contributed by atoms with van der Waals surface area (Å²) in [4.78, 5) is 2.48. The van der Waals surface area contributed by atoms with Gasteiger partial charge in [-0.25, -0.2) is 0 Å². The highest BCUT2D eigenvalue weighted by Crippen LogP contribution is 2.30. The summed E-state index contributed by atoms with van der Waals surface area (Å²) in [5.74, 6) is 0. The molecule has 16 heavy (non-hydrogen) atoms. The van der Waals surface area contributed by atoms with Gasteiger partial charge in [0.25, 0.3) is 0 Å². The topological polar surface area (TPSA) is 47.1 Å². The number of likely N-dealkylation sites (tertiary alicyclic amines) is 1. The first kappa shape index (κ1) is 11.6. The molecule has 0 bridgehead atoms. The molecule has 0 aliphatic carbocycles. The van der Waals surface area contributed by atoms with E-state index >= 15 is 0 Å². The summed E-state index contributed by atoms with van der Waals surface area (Å²) in [6.45, 7) is 6.76. The van der Waals surface area contributed by atoms with E-state index in [4.69, 9.17) is 5.73 Å². The van der Waals surface area contributed by atoms with Gasteiger partial charge in [-0.2, -0.15) is 5.10 Å². The van der Waals surface area contributed by atoms with Crippen LogP contribution in [0.4, 0.5) is 0 Å². The van der Waals surface area contributed by atoms with E-state index in [1.165, 1.54) is 12.8 Å². The Labute approximate surface area is 97.4 Å². The van der Waals surface area contributed by atoms with Crippen molar-refractivity contribution in [1.29, 1.82) is 0 Å². The Balaban J connectivity index is 2.15. The Morgan fingerprint density at radius 1 is 1.38 bits per heavy atom. The van der Waals surface area contributed by atoms with E-state index in [0.717, 1.165) is 18.8 Å². The van der Waals surface area contributed by atoms with Crippen molar-refractivity contribution in [2.75, 3.05) is 13.1 Å². The highest BCUT2D eigenvalue weighted by molar-refractivity contribution is 5.12. The minimum absolute atomic E-state index is 0.00907. The van der Waals surface area contributed by atoms with Crippen molar-refractivity contribution in [2.24, 2.45) is 12.8 Å². The molecule has 0 aromatic carbocycles. The molecule has 0 radical (unpaired) electrons. The van der Waals surface area contributed by atoms with E-state index in [9.17, 15) is 0 Å². The van der Waals surface area contributed by atoms with E-state index in [1.807, 2.05) is 24.0 Å². The van der Waals surface area contributed by atoms with Crippen molar-refractivity contribution < 1.29 is 0 Å². The number of nitrogens with zero attached hydrogens (tertiary/aromatic N) is 3. The molecule has 1 atom stereocenters. The molecule has 1 aliphatic rings. The number of hydrogen-bond donors (Lipinski definition) is 1. The lowest BCUT2D eigenvalue weighted by Crippen LogP contribution is -2.50. The van der Waals surface area contributed by atoms with Gasteiger partial charge in [0.1, 0.15) is 0 Å². The average molecular weight is 222 g/mol. The Hall–Kier alpha value is -0.870. The first-order valence-electron chi connectivity index (χ1n) is 6.02. The van der Waals surface area contributed by atoms with E-state index in [0.29, 0.717) is 0 Å². The van der Waals surface area contributed by atoms with Crippen molar-refractivity contribution >= 4 is 0 Å². The fraction of sp³-hybridized carbons (Fsp3) is 0.750. The normalized spacial score (nSPS) is 20.2. The monoisotopic (exact) mass is 222 g/mol. The fourth-order valence-electron chi connectivity index (χ4n) is 2.45. The summed E-state index contributed by atoms with van der Waals surface area (Å²) in [5, 5.41) is 4.41. The number of hydrogen-bond acceptors (Lipinski definition) is 3. The van der Waals surface area contributed by atoms with Crippen molar-refractivity contribution in [3.8, 4) is 0 Å². The van der Waals surface area contributed by atoms with Crippen LogP contribution in [-0.4, -0.2) is 33.3 Å². The SMILES string of the molecule is Cn1ccc(C(N)C(C)(C)N2CCCC2)n1. The van der Waals surface area contributed by atoms with Gasteiger partial charge in [-0.05, 0) is 45.8 Å². The molecule has 0 saturated carbocycles. The third-order valence-corrected chi connectivity index (χ3v) is 3.74. The highest BCUT2D eigenvalue weighted by atomic mass is 15.3. The predicted molar refractivity (Wildman–Crippen MR) is 65.0 cm³/mol. The zero-order valence-electron chi connectivity index (χ0n) is 10.5. The van der Waals surface area contributed by atoms with Crippen LogP contribution in [0.1, 0.15) is 38.4 Å². The Morgan fingerprint density at radius 2 is 2.00 bits per heavy atom. The smallest absolute Gasteiger partial charge is 0.0810 e. The van der Waals surface area contributed by atoms with Gasteiger partial charge in [0.05, 0.1) is 11.7 Å². The molecular formula is C12H22N4. The zero-order valence-corrected chi connectivity index (χ0v) is 10.5. The number of aryl methyl sites for hydroxylation is 1. The molecule has 0 amide bonds. The quantitative estimate of drug-likeness (QED) is 0.838. The van der Waals surface area contributed by atoms with Crippen LogP contribution in [0, 0.1) is 0 Å². The van der Waals surface area contributed by atoms with Crippen LogP contribution in [0.15, 0.2) is 12.3 Å². The molecule has 0 spiro atoms. The Kier molecular flexibility index (Phi) is 3.04. The maximum Gasteiger partial charge on any atom is 0.0810 e. The summed E-state index contributed by atoms with van der Waals surface area (Å²) in [6.07, 6.45) is 4.53. The standard InChI is InChI=1S/C12H22N4/c1-12(2,16-7-4-5-8-16)11(13)10-6-9-15(3)14-10/h6,9,11H,4-5,7-8,13H2,1-3H3. The Bertz CT molecular complexity index is 350. The van der Waals surface area contributed by atoms with Crippen LogP contribution >= 0.6 is 0 Å². The second kappa shape index (κ2) is 4.18. The predicted octanol–water partition coefficient (Wildman–Crippen LogP) is 1.29. The van der Waals surface area contributed by atoms with Crippen molar-refractivity contribution in [3.63, 3.8) is 0 Å². The molecule has 1 aromatic heterocycles. The summed E-state index contributed by atoms with van der Waals surface area (Å²) in [7, 11) is 1.93. The number of nitrogens with two attached hydrogens (primary N) is 1. The molecule has 1 unspecified atom stereocenters. The minimum Gasteiger partial charge on any atom is -0.321 e. The van der Waals surface area contributed by atoms with Gasteiger partial charge in [0, 0.05) is 18.8 Å². The largest absolute Gasteiger partial charge is 0.321 e. The van der Waals surface area contributed by atoms with Crippen LogP contribution in [0.25, 0.3) is 0 Å². The number of rotatable bonds is 3. The summed E-state index contributed by atoms with van der Waals surface area (Å²) in [5.41, 5.74) is 7.32. The average Bonchev–Trinajstić information content (AvgIpc) is 2.86. The molecule has 1 aromatic rings. The molecule has 4 nitrogen and oxygen atoms in total. The van der Waals surface area contributed by atoms with E-state index < -0.39 is 0 Å². The molecule has 4 heteroatoms. The second-order valence-corrected chi connectivity index (χ2v) is 5.24.